The fourth-order valence-electron chi connectivity index (χ4n) is 7.76. The molecule has 0 rings (SSSR count). The van der Waals surface area contributed by atoms with Crippen molar-refractivity contribution in [3.63, 3.8) is 0 Å². The monoisotopic (exact) mass is 1090 g/mol. The lowest BCUT2D eigenvalue weighted by Gasteiger charge is -2.21. The zero-order valence-corrected chi connectivity index (χ0v) is 48.2. The zero-order chi connectivity index (χ0) is 54.4. The average Bonchev–Trinajstić information content (AvgIpc) is 3.33. The van der Waals surface area contributed by atoms with Gasteiger partial charge in [0, 0.05) is 25.7 Å². The molecule has 432 valence electrons. The summed E-state index contributed by atoms with van der Waals surface area (Å²) < 4.78 is 67.3. The molecule has 5 atom stereocenters. The third kappa shape index (κ3) is 49.4. The van der Waals surface area contributed by atoms with Crippen LogP contribution in [-0.2, 0) is 65.4 Å². The number of carbonyl (C=O) groups excluding carboxylic acids is 4. The molecular weight excluding hydrogens is 983 g/mol. The number of aliphatic hydroxyl groups excluding tert-OH is 1. The summed E-state index contributed by atoms with van der Waals surface area (Å²) >= 11 is 0. The summed E-state index contributed by atoms with van der Waals surface area (Å²) in [5, 5.41) is 10.4. The normalized spacial score (nSPS) is 14.6. The van der Waals surface area contributed by atoms with Gasteiger partial charge in [0.1, 0.15) is 19.3 Å². The third-order valence-electron chi connectivity index (χ3n) is 12.2. The van der Waals surface area contributed by atoms with Crippen molar-refractivity contribution in [1.29, 1.82) is 0 Å². The maximum absolute atomic E-state index is 12.9. The van der Waals surface area contributed by atoms with Gasteiger partial charge in [0.15, 0.2) is 12.2 Å². The fourth-order valence-corrected chi connectivity index (χ4v) is 9.34. The Balaban J connectivity index is 5.19. The first kappa shape index (κ1) is 71.1. The highest BCUT2D eigenvalue weighted by atomic mass is 31.2. The van der Waals surface area contributed by atoms with Gasteiger partial charge in [-0.3, -0.25) is 37.3 Å². The van der Waals surface area contributed by atoms with E-state index in [1.54, 1.807) is 0 Å². The Morgan fingerprint density at radius 3 is 0.932 bits per heavy atom. The van der Waals surface area contributed by atoms with E-state index >= 15 is 0 Å². The minimum Gasteiger partial charge on any atom is -0.462 e. The van der Waals surface area contributed by atoms with Crippen LogP contribution in [0.3, 0.4) is 0 Å². The Morgan fingerprint density at radius 2 is 0.630 bits per heavy atom. The van der Waals surface area contributed by atoms with Crippen LogP contribution in [0.1, 0.15) is 253 Å². The van der Waals surface area contributed by atoms with Crippen molar-refractivity contribution in [3.05, 3.63) is 0 Å². The summed E-state index contributed by atoms with van der Waals surface area (Å²) in [6.45, 7) is 9.17. The minimum absolute atomic E-state index is 0.102. The molecule has 2 unspecified atom stereocenters. The van der Waals surface area contributed by atoms with Gasteiger partial charge in [0.05, 0.1) is 26.4 Å². The number of rotatable bonds is 53. The van der Waals surface area contributed by atoms with Gasteiger partial charge in [-0.05, 0) is 37.5 Å². The van der Waals surface area contributed by atoms with Gasteiger partial charge in [-0.15, -0.1) is 0 Å². The first-order valence-electron chi connectivity index (χ1n) is 28.5. The molecule has 17 nitrogen and oxygen atoms in total. The molecule has 3 N–H and O–H groups in total. The van der Waals surface area contributed by atoms with Crippen LogP contribution >= 0.6 is 15.6 Å². The Labute approximate surface area is 441 Å². The molecule has 0 saturated carbocycles. The standard InChI is InChI=1S/C54H104O17P2/c1-7-9-11-13-14-19-26-32-38-53(58)70-49(42-64-51(56)36-30-22-12-10-8-2)44-68-72(60,61)66-40-48(55)41-67-73(62,63)69-45-50(71-54(59)39-33-27-21-16-18-24-29-35-47(5)6)43-65-52(57)37-31-25-20-15-17-23-28-34-46(3)4/h46-50,55H,7-45H2,1-6H3,(H,60,61)(H,62,63)/t48-,49+,50+/m0/s1. The Bertz CT molecular complexity index is 1460. The van der Waals surface area contributed by atoms with Crippen LogP contribution in [0.15, 0.2) is 0 Å². The highest BCUT2D eigenvalue weighted by Gasteiger charge is 2.30. The molecule has 0 spiro atoms. The second-order valence-corrected chi connectivity index (χ2v) is 23.5. The molecule has 0 aliphatic heterocycles. The van der Waals surface area contributed by atoms with E-state index in [2.05, 4.69) is 41.5 Å². The Kier molecular flexibility index (Phi) is 46.0. The maximum atomic E-state index is 12.9. The number of phosphoric acid groups is 2. The number of phosphoric ester groups is 2. The van der Waals surface area contributed by atoms with Gasteiger partial charge in [-0.2, -0.15) is 0 Å². The fraction of sp³-hybridized carbons (Fsp3) is 0.926. The second kappa shape index (κ2) is 47.3. The van der Waals surface area contributed by atoms with Crippen LogP contribution in [0.5, 0.6) is 0 Å². The number of ether oxygens (including phenoxy) is 4. The van der Waals surface area contributed by atoms with E-state index in [1.165, 1.54) is 51.4 Å². The van der Waals surface area contributed by atoms with Crippen molar-refractivity contribution < 1.29 is 80.2 Å². The average molecular weight is 1090 g/mol. The smallest absolute Gasteiger partial charge is 0.462 e. The lowest BCUT2D eigenvalue weighted by molar-refractivity contribution is -0.161. The predicted octanol–water partition coefficient (Wildman–Crippen LogP) is 13.7. The van der Waals surface area contributed by atoms with Crippen LogP contribution in [0.4, 0.5) is 0 Å². The molecule has 0 bridgehead atoms. The number of aliphatic hydroxyl groups is 1. The van der Waals surface area contributed by atoms with Crippen molar-refractivity contribution in [3.8, 4) is 0 Å². The maximum Gasteiger partial charge on any atom is 0.472 e. The Hall–Kier alpha value is -1.94. The van der Waals surface area contributed by atoms with Crippen molar-refractivity contribution >= 4 is 39.5 Å². The van der Waals surface area contributed by atoms with Crippen LogP contribution in [-0.4, -0.2) is 96.7 Å². The van der Waals surface area contributed by atoms with Gasteiger partial charge in [-0.25, -0.2) is 9.13 Å². The van der Waals surface area contributed by atoms with Crippen molar-refractivity contribution in [2.45, 2.75) is 272 Å². The molecule has 0 amide bonds. The van der Waals surface area contributed by atoms with Gasteiger partial charge < -0.3 is 33.8 Å². The SMILES string of the molecule is CCCCCCCCCCC(=O)O[C@H](COC(=O)CCCCCCC)COP(=O)(O)OC[C@H](O)COP(=O)(O)OC[C@@H](COC(=O)CCCCCCCCCC(C)C)OC(=O)CCCCCCCCCC(C)C. The predicted molar refractivity (Wildman–Crippen MR) is 285 cm³/mol. The first-order chi connectivity index (χ1) is 34.9. The number of carbonyl (C=O) groups is 4. The molecule has 0 saturated heterocycles. The van der Waals surface area contributed by atoms with E-state index < -0.39 is 97.5 Å². The van der Waals surface area contributed by atoms with E-state index in [0.29, 0.717) is 37.5 Å². The first-order valence-corrected chi connectivity index (χ1v) is 31.5. The molecule has 0 fully saturated rings. The summed E-state index contributed by atoms with van der Waals surface area (Å²) in [7, 11) is -9.85. The molecule has 0 aromatic carbocycles. The minimum atomic E-state index is -4.93. The lowest BCUT2D eigenvalue weighted by atomic mass is 10.0. The summed E-state index contributed by atoms with van der Waals surface area (Å²) in [6, 6.07) is 0. The van der Waals surface area contributed by atoms with Crippen LogP contribution in [0, 0.1) is 11.8 Å². The molecule has 0 aliphatic rings. The van der Waals surface area contributed by atoms with Crippen molar-refractivity contribution in [2.24, 2.45) is 11.8 Å². The van der Waals surface area contributed by atoms with Gasteiger partial charge in [-0.1, -0.05) is 202 Å². The summed E-state index contributed by atoms with van der Waals surface area (Å²) in [5.41, 5.74) is 0. The summed E-state index contributed by atoms with van der Waals surface area (Å²) in [4.78, 5) is 71.4. The van der Waals surface area contributed by atoms with Crippen LogP contribution in [0.2, 0.25) is 0 Å². The lowest BCUT2D eigenvalue weighted by Crippen LogP contribution is -2.30. The van der Waals surface area contributed by atoms with Crippen molar-refractivity contribution in [2.75, 3.05) is 39.6 Å². The highest BCUT2D eigenvalue weighted by molar-refractivity contribution is 7.47. The largest absolute Gasteiger partial charge is 0.472 e. The van der Waals surface area contributed by atoms with E-state index in [4.69, 9.17) is 37.0 Å². The van der Waals surface area contributed by atoms with E-state index in [-0.39, 0.29) is 25.7 Å². The Morgan fingerprint density at radius 1 is 0.370 bits per heavy atom. The molecule has 0 radical (unpaired) electrons. The summed E-state index contributed by atoms with van der Waals surface area (Å²) in [5.74, 6) is -0.764. The highest BCUT2D eigenvalue weighted by Crippen LogP contribution is 2.45. The molecule has 0 aromatic rings. The molecule has 0 aromatic heterocycles. The van der Waals surface area contributed by atoms with Gasteiger partial charge in [0.25, 0.3) is 0 Å². The van der Waals surface area contributed by atoms with E-state index in [1.807, 2.05) is 0 Å². The van der Waals surface area contributed by atoms with Gasteiger partial charge >= 0.3 is 39.5 Å². The third-order valence-corrected chi connectivity index (χ3v) is 14.1. The van der Waals surface area contributed by atoms with Gasteiger partial charge in [0.2, 0.25) is 0 Å². The van der Waals surface area contributed by atoms with Crippen LogP contribution in [0.25, 0.3) is 0 Å². The van der Waals surface area contributed by atoms with E-state index in [0.717, 1.165) is 109 Å². The second-order valence-electron chi connectivity index (χ2n) is 20.6. The molecule has 73 heavy (non-hydrogen) atoms. The van der Waals surface area contributed by atoms with Crippen LogP contribution < -0.4 is 0 Å². The molecular formula is C54H104O17P2. The van der Waals surface area contributed by atoms with E-state index in [9.17, 15) is 43.2 Å². The number of hydrogen-bond acceptors (Lipinski definition) is 15. The number of unbranched alkanes of at least 4 members (excludes halogenated alkanes) is 23. The summed E-state index contributed by atoms with van der Waals surface area (Å²) in [6.07, 6.45) is 25.8. The van der Waals surface area contributed by atoms with Crippen molar-refractivity contribution in [1.82, 2.24) is 0 Å². The zero-order valence-electron chi connectivity index (χ0n) is 46.4. The number of esters is 4. The molecule has 19 heteroatoms. The molecule has 0 heterocycles. The topological polar surface area (TPSA) is 237 Å². The number of hydrogen-bond donors (Lipinski definition) is 3. The quantitative estimate of drug-likeness (QED) is 0.0222. The molecule has 0 aliphatic carbocycles.